The molecule has 0 radical (unpaired) electrons. The van der Waals surface area contributed by atoms with Crippen LogP contribution in [0, 0.1) is 0 Å². The Balaban J connectivity index is 3.46. The Labute approximate surface area is 84.4 Å². The quantitative estimate of drug-likeness (QED) is 0.560. The van der Waals surface area contributed by atoms with Crippen LogP contribution in [0.15, 0.2) is 0 Å². The summed E-state index contributed by atoms with van der Waals surface area (Å²) in [5.41, 5.74) is 0. The molecule has 0 aliphatic rings. The third-order valence-corrected chi connectivity index (χ3v) is 2.34. The third kappa shape index (κ3) is 9.47. The van der Waals surface area contributed by atoms with E-state index in [1.807, 2.05) is 0 Å². The summed E-state index contributed by atoms with van der Waals surface area (Å²) in [5, 5.41) is 11.0. The van der Waals surface area contributed by atoms with E-state index in [1.54, 1.807) is 0 Å². The van der Waals surface area contributed by atoms with Gasteiger partial charge in [0, 0.05) is 19.4 Å². The van der Waals surface area contributed by atoms with E-state index in [0.29, 0.717) is 13.0 Å². The minimum absolute atomic E-state index is 0.150. The second-order valence-corrected chi connectivity index (χ2v) is 5.34. The number of carbonyl (C=O) groups is 1. The second-order valence-electron chi connectivity index (χ2n) is 3.20. The van der Waals surface area contributed by atoms with Crippen molar-refractivity contribution in [2.24, 2.45) is 0 Å². The first-order valence-electron chi connectivity index (χ1n) is 4.51. The molecular weight excluding hydrogens is 206 g/mol. The van der Waals surface area contributed by atoms with Crippen LogP contribution in [0.3, 0.4) is 0 Å². The molecule has 0 spiro atoms. The van der Waals surface area contributed by atoms with Crippen molar-refractivity contribution < 1.29 is 18.3 Å². The maximum atomic E-state index is 11.0. The van der Waals surface area contributed by atoms with Crippen molar-refractivity contribution in [3.05, 3.63) is 0 Å². The van der Waals surface area contributed by atoms with Crippen LogP contribution in [-0.2, 0) is 14.6 Å². The summed E-state index contributed by atoms with van der Waals surface area (Å²) < 4.78 is 21.4. The van der Waals surface area contributed by atoms with Gasteiger partial charge in [0.2, 0.25) is 5.91 Å². The van der Waals surface area contributed by atoms with E-state index in [-0.39, 0.29) is 6.61 Å². The number of hydrogen-bond acceptors (Lipinski definition) is 4. The predicted molar refractivity (Wildman–Crippen MR) is 53.7 cm³/mol. The van der Waals surface area contributed by atoms with Crippen molar-refractivity contribution in [2.45, 2.75) is 19.3 Å². The van der Waals surface area contributed by atoms with E-state index in [0.717, 1.165) is 19.1 Å². The number of sulfone groups is 1. The van der Waals surface area contributed by atoms with Gasteiger partial charge in [-0.05, 0) is 19.3 Å². The molecular formula is C8H17NO4S. The van der Waals surface area contributed by atoms with Gasteiger partial charge in [0.05, 0.1) is 0 Å². The molecule has 0 aliphatic carbocycles. The minimum atomic E-state index is -3.22. The fraction of sp³-hybridized carbons (Fsp3) is 0.875. The highest BCUT2D eigenvalue weighted by Gasteiger charge is 2.09. The molecule has 0 heterocycles. The molecule has 0 rings (SSSR count). The molecule has 5 nitrogen and oxygen atoms in total. The third-order valence-electron chi connectivity index (χ3n) is 1.55. The SMILES string of the molecule is CS(=O)(=O)CC(=O)NCCCCCO. The van der Waals surface area contributed by atoms with Crippen molar-refractivity contribution in [2.75, 3.05) is 25.2 Å². The average molecular weight is 223 g/mol. The van der Waals surface area contributed by atoms with Crippen LogP contribution in [0.4, 0.5) is 0 Å². The van der Waals surface area contributed by atoms with Gasteiger partial charge in [-0.15, -0.1) is 0 Å². The highest BCUT2D eigenvalue weighted by atomic mass is 32.2. The summed E-state index contributed by atoms with van der Waals surface area (Å²) in [7, 11) is -3.22. The van der Waals surface area contributed by atoms with Crippen LogP contribution >= 0.6 is 0 Å². The lowest BCUT2D eigenvalue weighted by Crippen LogP contribution is -2.30. The molecule has 6 heteroatoms. The highest BCUT2D eigenvalue weighted by molar-refractivity contribution is 7.91. The summed E-state index contributed by atoms with van der Waals surface area (Å²) in [6, 6.07) is 0. The number of hydrogen-bond donors (Lipinski definition) is 2. The Morgan fingerprint density at radius 3 is 2.43 bits per heavy atom. The molecule has 0 aromatic carbocycles. The Morgan fingerprint density at radius 2 is 1.93 bits per heavy atom. The number of nitrogens with one attached hydrogen (secondary N) is 1. The Kier molecular flexibility index (Phi) is 6.48. The predicted octanol–water partition coefficient (Wildman–Crippen LogP) is -0.690. The highest BCUT2D eigenvalue weighted by Crippen LogP contribution is 1.92. The van der Waals surface area contributed by atoms with Gasteiger partial charge >= 0.3 is 0 Å². The first-order chi connectivity index (χ1) is 6.45. The molecule has 84 valence electrons. The fourth-order valence-corrected chi connectivity index (χ4v) is 1.51. The van der Waals surface area contributed by atoms with E-state index < -0.39 is 21.5 Å². The standard InChI is InChI=1S/C8H17NO4S/c1-14(12,13)7-8(11)9-5-3-2-4-6-10/h10H,2-7H2,1H3,(H,9,11). The number of aliphatic hydroxyl groups excluding tert-OH is 1. The fourth-order valence-electron chi connectivity index (χ4n) is 0.931. The molecule has 14 heavy (non-hydrogen) atoms. The van der Waals surface area contributed by atoms with Crippen molar-refractivity contribution in [3.63, 3.8) is 0 Å². The Bertz CT molecular complexity index is 261. The van der Waals surface area contributed by atoms with E-state index in [1.165, 1.54) is 0 Å². The summed E-state index contributed by atoms with van der Waals surface area (Å²) in [5.74, 6) is -0.913. The van der Waals surface area contributed by atoms with Gasteiger partial charge in [0.15, 0.2) is 9.84 Å². The summed E-state index contributed by atoms with van der Waals surface area (Å²) in [4.78, 5) is 11.0. The van der Waals surface area contributed by atoms with Crippen molar-refractivity contribution in [1.29, 1.82) is 0 Å². The van der Waals surface area contributed by atoms with Gasteiger partial charge in [-0.3, -0.25) is 4.79 Å². The summed E-state index contributed by atoms with van der Waals surface area (Å²) in [6.07, 6.45) is 3.33. The van der Waals surface area contributed by atoms with Gasteiger partial charge in [0.25, 0.3) is 0 Å². The van der Waals surface area contributed by atoms with E-state index >= 15 is 0 Å². The molecule has 0 aromatic rings. The molecule has 1 amide bonds. The zero-order valence-electron chi connectivity index (χ0n) is 8.32. The minimum Gasteiger partial charge on any atom is -0.396 e. The summed E-state index contributed by atoms with van der Waals surface area (Å²) >= 11 is 0. The zero-order valence-corrected chi connectivity index (χ0v) is 9.14. The number of rotatable bonds is 7. The number of carbonyl (C=O) groups excluding carboxylic acids is 1. The topological polar surface area (TPSA) is 83.5 Å². The first kappa shape index (κ1) is 13.4. The smallest absolute Gasteiger partial charge is 0.235 e. The largest absolute Gasteiger partial charge is 0.396 e. The molecule has 0 atom stereocenters. The molecule has 2 N–H and O–H groups in total. The normalized spacial score (nSPS) is 11.3. The molecule has 0 unspecified atom stereocenters. The van der Waals surface area contributed by atoms with Gasteiger partial charge in [-0.25, -0.2) is 8.42 Å². The lowest BCUT2D eigenvalue weighted by atomic mass is 10.2. The Hall–Kier alpha value is -0.620. The van der Waals surface area contributed by atoms with Crippen LogP contribution in [-0.4, -0.2) is 44.6 Å². The molecule has 0 saturated carbocycles. The average Bonchev–Trinajstić information content (AvgIpc) is 2.00. The van der Waals surface area contributed by atoms with Crippen LogP contribution in [0.25, 0.3) is 0 Å². The van der Waals surface area contributed by atoms with Crippen LogP contribution in [0.1, 0.15) is 19.3 Å². The van der Waals surface area contributed by atoms with E-state index in [4.69, 9.17) is 5.11 Å². The number of amides is 1. The van der Waals surface area contributed by atoms with Crippen LogP contribution in [0.5, 0.6) is 0 Å². The lowest BCUT2D eigenvalue weighted by molar-refractivity contribution is -0.118. The van der Waals surface area contributed by atoms with Crippen molar-refractivity contribution in [3.8, 4) is 0 Å². The van der Waals surface area contributed by atoms with Crippen LogP contribution < -0.4 is 5.32 Å². The summed E-state index contributed by atoms with van der Waals surface area (Å²) in [6.45, 7) is 0.617. The molecule has 0 aliphatic heterocycles. The van der Waals surface area contributed by atoms with Crippen LogP contribution in [0.2, 0.25) is 0 Å². The Morgan fingerprint density at radius 1 is 1.29 bits per heavy atom. The van der Waals surface area contributed by atoms with Gasteiger partial charge < -0.3 is 10.4 Å². The number of aliphatic hydroxyl groups is 1. The lowest BCUT2D eigenvalue weighted by Gasteiger charge is -2.03. The molecule has 0 aromatic heterocycles. The van der Waals surface area contributed by atoms with E-state index in [2.05, 4.69) is 5.32 Å². The molecule has 0 saturated heterocycles. The van der Waals surface area contributed by atoms with Gasteiger partial charge in [-0.2, -0.15) is 0 Å². The maximum Gasteiger partial charge on any atom is 0.235 e. The van der Waals surface area contributed by atoms with Crippen molar-refractivity contribution >= 4 is 15.7 Å². The van der Waals surface area contributed by atoms with E-state index in [9.17, 15) is 13.2 Å². The number of unbranched alkanes of at least 4 members (excludes halogenated alkanes) is 2. The second kappa shape index (κ2) is 6.78. The maximum absolute atomic E-state index is 11.0. The molecule has 0 fully saturated rings. The van der Waals surface area contributed by atoms with Gasteiger partial charge in [-0.1, -0.05) is 0 Å². The monoisotopic (exact) mass is 223 g/mol. The molecule has 0 bridgehead atoms. The van der Waals surface area contributed by atoms with Gasteiger partial charge in [0.1, 0.15) is 5.75 Å². The first-order valence-corrected chi connectivity index (χ1v) is 6.57. The van der Waals surface area contributed by atoms with Crippen molar-refractivity contribution in [1.82, 2.24) is 5.32 Å². The zero-order chi connectivity index (χ0) is 11.0.